The van der Waals surface area contributed by atoms with Gasteiger partial charge in [-0.2, -0.15) is 5.26 Å². The van der Waals surface area contributed by atoms with Crippen LogP contribution in [0.15, 0.2) is 54.6 Å². The van der Waals surface area contributed by atoms with E-state index in [0.717, 1.165) is 23.7 Å². The van der Waals surface area contributed by atoms with Gasteiger partial charge >= 0.3 is 0 Å². The van der Waals surface area contributed by atoms with E-state index in [1.165, 1.54) is 5.56 Å². The van der Waals surface area contributed by atoms with Gasteiger partial charge in [-0.3, -0.25) is 4.90 Å². The fourth-order valence-corrected chi connectivity index (χ4v) is 2.22. The average molecular weight is 271 g/mol. The highest BCUT2D eigenvalue weighted by Crippen LogP contribution is 2.14. The summed E-state index contributed by atoms with van der Waals surface area (Å²) in [5.74, 6) is 0. The van der Waals surface area contributed by atoms with Crippen LogP contribution in [-0.2, 0) is 13.1 Å². The molecule has 0 amide bonds. The van der Waals surface area contributed by atoms with Gasteiger partial charge in [0.15, 0.2) is 0 Å². The Bertz CT molecular complexity index is 560. The van der Waals surface area contributed by atoms with Gasteiger partial charge in [0.2, 0.25) is 0 Å². The number of nitrogens with zero attached hydrogens (tertiary/aromatic N) is 2. The summed E-state index contributed by atoms with van der Waals surface area (Å²) in [6.45, 7) is 1.89. The zero-order chi connectivity index (χ0) is 13.5. The van der Waals surface area contributed by atoms with Crippen LogP contribution in [0.2, 0.25) is 5.02 Å². The van der Waals surface area contributed by atoms with Crippen molar-refractivity contribution >= 4 is 11.6 Å². The van der Waals surface area contributed by atoms with Crippen molar-refractivity contribution in [1.29, 1.82) is 5.26 Å². The second kappa shape index (κ2) is 6.94. The van der Waals surface area contributed by atoms with Crippen LogP contribution < -0.4 is 0 Å². The first-order valence-corrected chi connectivity index (χ1v) is 6.53. The average Bonchev–Trinajstić information content (AvgIpc) is 2.40. The zero-order valence-electron chi connectivity index (χ0n) is 10.6. The molecule has 2 aromatic carbocycles. The van der Waals surface area contributed by atoms with Crippen molar-refractivity contribution in [1.82, 2.24) is 4.90 Å². The third-order valence-electron chi connectivity index (χ3n) is 2.84. The molecule has 3 heteroatoms. The molecule has 0 aliphatic carbocycles. The molecular formula is C16H15ClN2. The van der Waals surface area contributed by atoms with Gasteiger partial charge in [0.25, 0.3) is 0 Å². The summed E-state index contributed by atoms with van der Waals surface area (Å²) < 4.78 is 0. The quantitative estimate of drug-likeness (QED) is 0.772. The predicted octanol–water partition coefficient (Wildman–Crippen LogP) is 3.87. The molecule has 2 aromatic rings. The van der Waals surface area contributed by atoms with E-state index in [0.29, 0.717) is 6.54 Å². The van der Waals surface area contributed by atoms with E-state index in [1.54, 1.807) is 0 Å². The first-order valence-electron chi connectivity index (χ1n) is 6.15. The lowest BCUT2D eigenvalue weighted by Crippen LogP contribution is -2.23. The molecule has 0 spiro atoms. The molecule has 19 heavy (non-hydrogen) atoms. The van der Waals surface area contributed by atoms with Crippen LogP contribution in [0.5, 0.6) is 0 Å². The molecule has 0 N–H and O–H groups in total. The van der Waals surface area contributed by atoms with Crippen LogP contribution in [0.1, 0.15) is 11.1 Å². The Morgan fingerprint density at radius 3 is 2.32 bits per heavy atom. The van der Waals surface area contributed by atoms with Gasteiger partial charge in [-0.25, -0.2) is 0 Å². The first kappa shape index (κ1) is 13.6. The van der Waals surface area contributed by atoms with Gasteiger partial charge in [0.1, 0.15) is 0 Å². The van der Waals surface area contributed by atoms with Gasteiger partial charge in [0.05, 0.1) is 12.6 Å². The number of hydrogen-bond donors (Lipinski definition) is 0. The Labute approximate surface area is 118 Å². The minimum absolute atomic E-state index is 0.404. The smallest absolute Gasteiger partial charge is 0.0871 e. The first-order chi connectivity index (χ1) is 9.28. The van der Waals surface area contributed by atoms with Gasteiger partial charge < -0.3 is 0 Å². The summed E-state index contributed by atoms with van der Waals surface area (Å²) in [5, 5.41) is 9.66. The second-order valence-corrected chi connectivity index (χ2v) is 4.86. The highest BCUT2D eigenvalue weighted by atomic mass is 35.5. The van der Waals surface area contributed by atoms with Crippen molar-refractivity contribution in [3.8, 4) is 6.07 Å². The van der Waals surface area contributed by atoms with Crippen molar-refractivity contribution in [3.63, 3.8) is 0 Å². The van der Waals surface area contributed by atoms with E-state index in [9.17, 15) is 0 Å². The lowest BCUT2D eigenvalue weighted by atomic mass is 10.1. The molecule has 0 radical (unpaired) electrons. The van der Waals surface area contributed by atoms with Crippen molar-refractivity contribution < 1.29 is 0 Å². The molecule has 0 aliphatic heterocycles. The molecule has 2 rings (SSSR count). The third-order valence-corrected chi connectivity index (χ3v) is 3.07. The molecule has 0 saturated carbocycles. The highest BCUT2D eigenvalue weighted by molar-refractivity contribution is 6.30. The van der Waals surface area contributed by atoms with E-state index in [-0.39, 0.29) is 0 Å². The summed E-state index contributed by atoms with van der Waals surface area (Å²) in [5.41, 5.74) is 2.33. The largest absolute Gasteiger partial charge is 0.282 e. The van der Waals surface area contributed by atoms with Crippen LogP contribution in [0, 0.1) is 11.3 Å². The van der Waals surface area contributed by atoms with Crippen LogP contribution in [0.3, 0.4) is 0 Å². The van der Waals surface area contributed by atoms with Crippen LogP contribution in [0.25, 0.3) is 0 Å². The Morgan fingerprint density at radius 1 is 0.947 bits per heavy atom. The predicted molar refractivity (Wildman–Crippen MR) is 77.6 cm³/mol. The molecule has 96 valence electrons. The lowest BCUT2D eigenvalue weighted by molar-refractivity contribution is 0.289. The topological polar surface area (TPSA) is 27.0 Å². The Balaban J connectivity index is 2.06. The van der Waals surface area contributed by atoms with Crippen molar-refractivity contribution in [3.05, 3.63) is 70.7 Å². The fourth-order valence-electron chi connectivity index (χ4n) is 2.00. The van der Waals surface area contributed by atoms with Gasteiger partial charge in [-0.1, -0.05) is 54.1 Å². The summed E-state index contributed by atoms with van der Waals surface area (Å²) >= 11 is 5.98. The van der Waals surface area contributed by atoms with Crippen LogP contribution in [-0.4, -0.2) is 11.4 Å². The summed E-state index contributed by atoms with van der Waals surface area (Å²) in [6.07, 6.45) is 0. The SMILES string of the molecule is N#CCN(Cc1ccccc1)Cc1cccc(Cl)c1. The van der Waals surface area contributed by atoms with E-state index in [1.807, 2.05) is 42.5 Å². The van der Waals surface area contributed by atoms with Crippen molar-refractivity contribution in [2.24, 2.45) is 0 Å². The van der Waals surface area contributed by atoms with E-state index in [4.69, 9.17) is 16.9 Å². The van der Waals surface area contributed by atoms with E-state index < -0.39 is 0 Å². The maximum absolute atomic E-state index is 8.93. The molecule has 0 bridgehead atoms. The third kappa shape index (κ3) is 4.40. The maximum atomic E-state index is 8.93. The monoisotopic (exact) mass is 270 g/mol. The second-order valence-electron chi connectivity index (χ2n) is 4.42. The molecule has 0 unspecified atom stereocenters. The number of nitriles is 1. The van der Waals surface area contributed by atoms with E-state index >= 15 is 0 Å². The Morgan fingerprint density at radius 2 is 1.63 bits per heavy atom. The van der Waals surface area contributed by atoms with Gasteiger partial charge in [-0.05, 0) is 23.3 Å². The number of halogens is 1. The molecule has 0 heterocycles. The fraction of sp³-hybridized carbons (Fsp3) is 0.188. The van der Waals surface area contributed by atoms with Crippen LogP contribution >= 0.6 is 11.6 Å². The number of hydrogen-bond acceptors (Lipinski definition) is 2. The Kier molecular flexibility index (Phi) is 4.97. The number of rotatable bonds is 5. The maximum Gasteiger partial charge on any atom is 0.0871 e. The molecule has 2 nitrogen and oxygen atoms in total. The van der Waals surface area contributed by atoms with Gasteiger partial charge in [-0.15, -0.1) is 0 Å². The van der Waals surface area contributed by atoms with Crippen molar-refractivity contribution in [2.45, 2.75) is 13.1 Å². The minimum atomic E-state index is 0.404. The standard InChI is InChI=1S/C16H15ClN2/c17-16-8-4-7-15(11-16)13-19(10-9-18)12-14-5-2-1-3-6-14/h1-8,11H,10,12-13H2. The normalized spacial score (nSPS) is 10.4. The Hall–Kier alpha value is -1.82. The molecule has 0 fully saturated rings. The summed E-state index contributed by atoms with van der Waals surface area (Å²) in [7, 11) is 0. The molecule has 0 atom stereocenters. The molecule has 0 saturated heterocycles. The summed E-state index contributed by atoms with van der Waals surface area (Å²) in [6, 6.07) is 20.1. The van der Waals surface area contributed by atoms with Crippen LogP contribution in [0.4, 0.5) is 0 Å². The zero-order valence-corrected chi connectivity index (χ0v) is 11.3. The highest BCUT2D eigenvalue weighted by Gasteiger charge is 2.06. The lowest BCUT2D eigenvalue weighted by Gasteiger charge is -2.19. The van der Waals surface area contributed by atoms with E-state index in [2.05, 4.69) is 23.1 Å². The molecular weight excluding hydrogens is 256 g/mol. The molecule has 0 aliphatic rings. The summed E-state index contributed by atoms with van der Waals surface area (Å²) in [4.78, 5) is 2.10. The minimum Gasteiger partial charge on any atom is -0.282 e. The van der Waals surface area contributed by atoms with Crippen molar-refractivity contribution in [2.75, 3.05) is 6.54 Å². The van der Waals surface area contributed by atoms with Gasteiger partial charge in [0, 0.05) is 18.1 Å². The molecule has 0 aromatic heterocycles. The number of benzene rings is 2.